The molecule has 1 N–H and O–H groups in total. The van der Waals surface area contributed by atoms with Gasteiger partial charge in [0.15, 0.2) is 0 Å². The van der Waals surface area contributed by atoms with Crippen molar-refractivity contribution >= 4 is 5.91 Å². The van der Waals surface area contributed by atoms with Crippen LogP contribution >= 0.6 is 0 Å². The van der Waals surface area contributed by atoms with Gasteiger partial charge >= 0.3 is 0 Å². The summed E-state index contributed by atoms with van der Waals surface area (Å²) in [6.07, 6.45) is 9.21. The van der Waals surface area contributed by atoms with Gasteiger partial charge in [-0.2, -0.15) is 0 Å². The van der Waals surface area contributed by atoms with E-state index < -0.39 is 0 Å². The number of likely N-dealkylation sites (tertiary alicyclic amines) is 1. The van der Waals surface area contributed by atoms with Crippen LogP contribution in [0.25, 0.3) is 0 Å². The molecule has 4 rings (SSSR count). The summed E-state index contributed by atoms with van der Waals surface area (Å²) in [6.45, 7) is 4.28. The largest absolute Gasteiger partial charge is 0.467 e. The fraction of sp³-hybridized carbons (Fsp3) is 0.737. The van der Waals surface area contributed by atoms with Crippen molar-refractivity contribution in [2.75, 3.05) is 19.6 Å². The summed E-state index contributed by atoms with van der Waals surface area (Å²) in [6, 6.07) is 3.77. The molecular weight excluding hydrogens is 288 g/mol. The molecule has 0 unspecified atom stereocenters. The molecule has 0 radical (unpaired) electrons. The highest BCUT2D eigenvalue weighted by atomic mass is 16.3. The van der Waals surface area contributed by atoms with Crippen LogP contribution in [0.3, 0.4) is 0 Å². The van der Waals surface area contributed by atoms with Gasteiger partial charge in [-0.25, -0.2) is 0 Å². The number of rotatable bonds is 6. The first kappa shape index (κ1) is 15.3. The fourth-order valence-electron chi connectivity index (χ4n) is 4.68. The monoisotopic (exact) mass is 316 g/mol. The van der Waals surface area contributed by atoms with Crippen molar-refractivity contribution in [3.8, 4) is 0 Å². The van der Waals surface area contributed by atoms with Gasteiger partial charge in [-0.1, -0.05) is 6.42 Å². The van der Waals surface area contributed by atoms with Crippen molar-refractivity contribution in [1.82, 2.24) is 10.2 Å². The predicted molar refractivity (Wildman–Crippen MR) is 88.7 cm³/mol. The molecule has 2 bridgehead atoms. The zero-order chi connectivity index (χ0) is 15.6. The van der Waals surface area contributed by atoms with Gasteiger partial charge in [0.05, 0.1) is 12.8 Å². The molecule has 3 aliphatic rings. The van der Waals surface area contributed by atoms with Crippen LogP contribution in [0.1, 0.15) is 44.3 Å². The second-order valence-corrected chi connectivity index (χ2v) is 7.84. The summed E-state index contributed by atoms with van der Waals surface area (Å²) in [7, 11) is 0. The van der Waals surface area contributed by atoms with E-state index in [-0.39, 0.29) is 5.91 Å². The highest BCUT2D eigenvalue weighted by Crippen LogP contribution is 2.42. The molecule has 2 saturated carbocycles. The van der Waals surface area contributed by atoms with Gasteiger partial charge in [0.1, 0.15) is 5.76 Å². The summed E-state index contributed by atoms with van der Waals surface area (Å²) >= 11 is 0. The predicted octanol–water partition coefficient (Wildman–Crippen LogP) is 3.04. The van der Waals surface area contributed by atoms with Crippen LogP contribution in [0.2, 0.25) is 0 Å². The minimum atomic E-state index is 0.193. The number of carbonyl (C=O) groups excluding carboxylic acids is 1. The highest BCUT2D eigenvalue weighted by Gasteiger charge is 2.41. The molecule has 0 aromatic carbocycles. The molecule has 1 saturated heterocycles. The minimum Gasteiger partial charge on any atom is -0.467 e. The van der Waals surface area contributed by atoms with Gasteiger partial charge in [0.2, 0.25) is 5.91 Å². The van der Waals surface area contributed by atoms with E-state index in [0.717, 1.165) is 23.5 Å². The molecule has 0 spiro atoms. The third-order valence-corrected chi connectivity index (χ3v) is 6.02. The van der Waals surface area contributed by atoms with Gasteiger partial charge < -0.3 is 14.6 Å². The first-order valence-corrected chi connectivity index (χ1v) is 9.29. The standard InChI is InChI=1S/C19H28N2O2/c22-19(20-10-17-5-2-8-23-17)9-18-15-3-1-4-16(18)13-21(12-15)11-14-6-7-14/h2,5,8,14-16,18H,1,3-4,6-7,9-13H2,(H,20,22)/t15-,16-/m0/s1. The Morgan fingerprint density at radius 3 is 2.65 bits per heavy atom. The number of furan rings is 1. The molecule has 4 nitrogen and oxygen atoms in total. The molecule has 23 heavy (non-hydrogen) atoms. The molecule has 4 heteroatoms. The van der Waals surface area contributed by atoms with Crippen molar-refractivity contribution in [3.05, 3.63) is 24.2 Å². The summed E-state index contributed by atoms with van der Waals surface area (Å²) in [5.41, 5.74) is 0. The van der Waals surface area contributed by atoms with E-state index in [0.29, 0.717) is 18.9 Å². The van der Waals surface area contributed by atoms with Crippen molar-refractivity contribution in [3.63, 3.8) is 0 Å². The topological polar surface area (TPSA) is 45.5 Å². The number of hydrogen-bond donors (Lipinski definition) is 1. The second kappa shape index (κ2) is 6.68. The molecule has 2 atom stereocenters. The summed E-state index contributed by atoms with van der Waals surface area (Å²) < 4.78 is 5.28. The Hall–Kier alpha value is -1.29. The Bertz CT molecular complexity index is 509. The number of piperidine rings is 1. The van der Waals surface area contributed by atoms with Crippen molar-refractivity contribution in [2.45, 2.75) is 45.1 Å². The maximum absolute atomic E-state index is 12.3. The average Bonchev–Trinajstić information content (AvgIpc) is 3.17. The Kier molecular flexibility index (Phi) is 4.43. The molecule has 3 fully saturated rings. The lowest BCUT2D eigenvalue weighted by molar-refractivity contribution is -0.124. The SMILES string of the molecule is O=C(CC1[C@H]2CCC[C@H]1CN(CC1CC1)C2)NCc1ccco1. The fourth-order valence-corrected chi connectivity index (χ4v) is 4.68. The molecule has 1 amide bonds. The third kappa shape index (κ3) is 3.79. The quantitative estimate of drug-likeness (QED) is 0.877. The lowest BCUT2D eigenvalue weighted by Crippen LogP contribution is -2.50. The van der Waals surface area contributed by atoms with E-state index in [1.807, 2.05) is 12.1 Å². The van der Waals surface area contributed by atoms with Crippen molar-refractivity contribution < 1.29 is 9.21 Å². The van der Waals surface area contributed by atoms with Crippen LogP contribution in [-0.4, -0.2) is 30.4 Å². The van der Waals surface area contributed by atoms with Gasteiger partial charge in [0, 0.05) is 26.1 Å². The average molecular weight is 316 g/mol. The maximum Gasteiger partial charge on any atom is 0.220 e. The number of carbonyl (C=O) groups is 1. The number of fused-ring (bicyclic) bond motifs is 2. The van der Waals surface area contributed by atoms with E-state index in [9.17, 15) is 4.79 Å². The Labute approximate surface area is 138 Å². The molecule has 1 aromatic rings. The van der Waals surface area contributed by atoms with E-state index in [1.54, 1.807) is 6.26 Å². The van der Waals surface area contributed by atoms with Crippen LogP contribution in [-0.2, 0) is 11.3 Å². The Balaban J connectivity index is 1.30. The Morgan fingerprint density at radius 2 is 2.00 bits per heavy atom. The molecule has 2 heterocycles. The zero-order valence-corrected chi connectivity index (χ0v) is 13.9. The third-order valence-electron chi connectivity index (χ3n) is 6.02. The van der Waals surface area contributed by atoms with E-state index in [1.165, 1.54) is 51.7 Å². The lowest BCUT2D eigenvalue weighted by atomic mass is 9.67. The van der Waals surface area contributed by atoms with E-state index in [4.69, 9.17) is 4.42 Å². The smallest absolute Gasteiger partial charge is 0.220 e. The Morgan fingerprint density at radius 1 is 1.22 bits per heavy atom. The number of nitrogens with zero attached hydrogens (tertiary/aromatic N) is 1. The number of nitrogens with one attached hydrogen (secondary N) is 1. The van der Waals surface area contributed by atoms with Gasteiger partial charge in [-0.15, -0.1) is 0 Å². The maximum atomic E-state index is 12.3. The van der Waals surface area contributed by atoms with Crippen molar-refractivity contribution in [2.24, 2.45) is 23.7 Å². The molecule has 2 aliphatic carbocycles. The summed E-state index contributed by atoms with van der Waals surface area (Å²) in [4.78, 5) is 15.0. The van der Waals surface area contributed by atoms with Crippen LogP contribution in [0.15, 0.2) is 22.8 Å². The molecule has 1 aromatic heterocycles. The van der Waals surface area contributed by atoms with Crippen LogP contribution in [0.4, 0.5) is 0 Å². The first-order chi connectivity index (χ1) is 11.3. The number of amides is 1. The van der Waals surface area contributed by atoms with Crippen molar-refractivity contribution in [1.29, 1.82) is 0 Å². The second-order valence-electron chi connectivity index (χ2n) is 7.84. The van der Waals surface area contributed by atoms with E-state index >= 15 is 0 Å². The first-order valence-electron chi connectivity index (χ1n) is 9.29. The lowest BCUT2D eigenvalue weighted by Gasteiger charge is -2.47. The van der Waals surface area contributed by atoms with Crippen LogP contribution in [0.5, 0.6) is 0 Å². The molecule has 126 valence electrons. The van der Waals surface area contributed by atoms with Gasteiger partial charge in [-0.3, -0.25) is 4.79 Å². The zero-order valence-electron chi connectivity index (χ0n) is 13.9. The summed E-state index contributed by atoms with van der Waals surface area (Å²) in [5.74, 6) is 4.06. The highest BCUT2D eigenvalue weighted by molar-refractivity contribution is 5.76. The molecular formula is C19H28N2O2. The molecule has 1 aliphatic heterocycles. The van der Waals surface area contributed by atoms with E-state index in [2.05, 4.69) is 10.2 Å². The summed E-state index contributed by atoms with van der Waals surface area (Å²) in [5, 5.41) is 3.03. The van der Waals surface area contributed by atoms with Crippen LogP contribution < -0.4 is 5.32 Å². The number of hydrogen-bond acceptors (Lipinski definition) is 3. The van der Waals surface area contributed by atoms with Gasteiger partial charge in [0.25, 0.3) is 0 Å². The van der Waals surface area contributed by atoms with Gasteiger partial charge in [-0.05, 0) is 61.5 Å². The van der Waals surface area contributed by atoms with Crippen LogP contribution in [0, 0.1) is 23.7 Å². The normalized spacial score (nSPS) is 31.0. The minimum absolute atomic E-state index is 0.193.